The quantitative estimate of drug-likeness (QED) is 0.879. The Morgan fingerprint density at radius 1 is 1.05 bits per heavy atom. The molecule has 0 heterocycles. The van der Waals surface area contributed by atoms with Crippen molar-refractivity contribution in [2.24, 2.45) is 17.8 Å². The van der Waals surface area contributed by atoms with E-state index >= 15 is 0 Å². The molecule has 1 N–H and O–H groups in total. The SMILES string of the molecule is COc1cc(NCC2CC3CCC2C3)cc(OC)c1. The number of anilines is 1. The Morgan fingerprint density at radius 3 is 2.32 bits per heavy atom. The monoisotopic (exact) mass is 261 g/mol. The molecule has 2 fully saturated rings. The third-order valence-electron chi connectivity index (χ3n) is 4.80. The lowest BCUT2D eigenvalue weighted by Crippen LogP contribution is -2.20. The van der Waals surface area contributed by atoms with Gasteiger partial charge < -0.3 is 14.8 Å². The number of fused-ring (bicyclic) bond motifs is 2. The molecular weight excluding hydrogens is 238 g/mol. The zero-order valence-electron chi connectivity index (χ0n) is 11.8. The van der Waals surface area contributed by atoms with E-state index in [-0.39, 0.29) is 0 Å². The number of benzene rings is 1. The highest BCUT2D eigenvalue weighted by Gasteiger charge is 2.38. The van der Waals surface area contributed by atoms with Crippen LogP contribution in [0.3, 0.4) is 0 Å². The topological polar surface area (TPSA) is 30.5 Å². The van der Waals surface area contributed by atoms with Crippen LogP contribution < -0.4 is 14.8 Å². The summed E-state index contributed by atoms with van der Waals surface area (Å²) in [7, 11) is 3.38. The van der Waals surface area contributed by atoms with Crippen molar-refractivity contribution in [2.75, 3.05) is 26.1 Å². The van der Waals surface area contributed by atoms with E-state index in [0.717, 1.165) is 41.5 Å². The molecule has 3 nitrogen and oxygen atoms in total. The standard InChI is InChI=1S/C16H23NO2/c1-18-15-7-14(8-16(9-15)19-2)17-10-13-6-11-3-4-12(13)5-11/h7-9,11-13,17H,3-6,10H2,1-2H3. The molecule has 1 aromatic carbocycles. The van der Waals surface area contributed by atoms with Crippen LogP contribution in [0.2, 0.25) is 0 Å². The van der Waals surface area contributed by atoms with Crippen LogP contribution in [0.1, 0.15) is 25.7 Å². The van der Waals surface area contributed by atoms with Crippen LogP contribution in [0.4, 0.5) is 5.69 Å². The van der Waals surface area contributed by atoms with Gasteiger partial charge in [0.2, 0.25) is 0 Å². The average Bonchev–Trinajstić information content (AvgIpc) is 3.07. The second kappa shape index (κ2) is 5.32. The van der Waals surface area contributed by atoms with Crippen LogP contribution >= 0.6 is 0 Å². The molecule has 0 saturated heterocycles. The number of nitrogens with one attached hydrogen (secondary N) is 1. The molecule has 1 aromatic rings. The van der Waals surface area contributed by atoms with Gasteiger partial charge in [0.1, 0.15) is 11.5 Å². The molecule has 0 radical (unpaired) electrons. The summed E-state index contributed by atoms with van der Waals surface area (Å²) >= 11 is 0. The van der Waals surface area contributed by atoms with Gasteiger partial charge in [-0.15, -0.1) is 0 Å². The zero-order valence-corrected chi connectivity index (χ0v) is 11.8. The molecule has 0 aliphatic heterocycles. The van der Waals surface area contributed by atoms with Gasteiger partial charge in [-0.1, -0.05) is 6.42 Å². The van der Waals surface area contributed by atoms with E-state index in [1.165, 1.54) is 25.7 Å². The number of hydrogen-bond acceptors (Lipinski definition) is 3. The summed E-state index contributed by atoms with van der Waals surface area (Å²) in [6.45, 7) is 1.08. The molecule has 0 aromatic heterocycles. The van der Waals surface area contributed by atoms with Gasteiger partial charge in [0.15, 0.2) is 0 Å². The third kappa shape index (κ3) is 2.65. The molecule has 2 saturated carbocycles. The highest BCUT2D eigenvalue weighted by atomic mass is 16.5. The van der Waals surface area contributed by atoms with Crippen molar-refractivity contribution in [3.05, 3.63) is 18.2 Å². The van der Waals surface area contributed by atoms with Crippen molar-refractivity contribution >= 4 is 5.69 Å². The minimum absolute atomic E-state index is 0.842. The normalized spacial score (nSPS) is 28.4. The van der Waals surface area contributed by atoms with Crippen LogP contribution in [-0.4, -0.2) is 20.8 Å². The Kier molecular flexibility index (Phi) is 3.54. The van der Waals surface area contributed by atoms with Crippen molar-refractivity contribution in [1.82, 2.24) is 0 Å². The first-order valence-corrected chi connectivity index (χ1v) is 7.25. The molecule has 2 bridgehead atoms. The van der Waals surface area contributed by atoms with Crippen LogP contribution in [0, 0.1) is 17.8 Å². The van der Waals surface area contributed by atoms with Gasteiger partial charge in [0.25, 0.3) is 0 Å². The summed E-state index contributed by atoms with van der Waals surface area (Å²) in [5.74, 6) is 4.52. The van der Waals surface area contributed by atoms with Gasteiger partial charge in [-0.05, 0) is 37.0 Å². The first-order valence-electron chi connectivity index (χ1n) is 7.25. The molecule has 3 rings (SSSR count). The summed E-state index contributed by atoms with van der Waals surface area (Å²) in [6.07, 6.45) is 5.79. The van der Waals surface area contributed by atoms with Gasteiger partial charge in [-0.2, -0.15) is 0 Å². The Hall–Kier alpha value is -1.38. The van der Waals surface area contributed by atoms with E-state index in [2.05, 4.69) is 5.32 Å². The van der Waals surface area contributed by atoms with Crippen LogP contribution in [0.15, 0.2) is 18.2 Å². The molecule has 104 valence electrons. The zero-order chi connectivity index (χ0) is 13.2. The van der Waals surface area contributed by atoms with Gasteiger partial charge in [0, 0.05) is 30.4 Å². The van der Waals surface area contributed by atoms with E-state index in [4.69, 9.17) is 9.47 Å². The molecule has 2 aliphatic rings. The molecule has 19 heavy (non-hydrogen) atoms. The molecular formula is C16H23NO2. The molecule has 0 amide bonds. The van der Waals surface area contributed by atoms with E-state index in [0.29, 0.717) is 0 Å². The first-order chi connectivity index (χ1) is 9.28. The Labute approximate surface area is 115 Å². The molecule has 3 unspecified atom stereocenters. The predicted octanol–water partition coefficient (Wildman–Crippen LogP) is 3.55. The van der Waals surface area contributed by atoms with Crippen molar-refractivity contribution in [3.63, 3.8) is 0 Å². The Balaban J connectivity index is 1.63. The summed E-state index contributed by atoms with van der Waals surface area (Å²) in [6, 6.07) is 5.98. The highest BCUT2D eigenvalue weighted by molar-refractivity contribution is 5.53. The van der Waals surface area contributed by atoms with Crippen LogP contribution in [0.25, 0.3) is 0 Å². The largest absolute Gasteiger partial charge is 0.497 e. The molecule has 2 aliphatic carbocycles. The van der Waals surface area contributed by atoms with E-state index < -0.39 is 0 Å². The van der Waals surface area contributed by atoms with E-state index in [1.807, 2.05) is 18.2 Å². The summed E-state index contributed by atoms with van der Waals surface area (Å²) in [5.41, 5.74) is 1.10. The van der Waals surface area contributed by atoms with E-state index in [1.54, 1.807) is 14.2 Å². The smallest absolute Gasteiger partial charge is 0.124 e. The lowest BCUT2D eigenvalue weighted by Gasteiger charge is -2.22. The maximum atomic E-state index is 5.30. The minimum atomic E-state index is 0.842. The Morgan fingerprint density at radius 2 is 1.79 bits per heavy atom. The Bertz CT molecular complexity index is 424. The van der Waals surface area contributed by atoms with Crippen LogP contribution in [0.5, 0.6) is 11.5 Å². The van der Waals surface area contributed by atoms with Crippen LogP contribution in [-0.2, 0) is 0 Å². The summed E-state index contributed by atoms with van der Waals surface area (Å²) in [4.78, 5) is 0. The third-order valence-corrected chi connectivity index (χ3v) is 4.80. The second-order valence-electron chi connectivity index (χ2n) is 5.92. The second-order valence-corrected chi connectivity index (χ2v) is 5.92. The number of hydrogen-bond donors (Lipinski definition) is 1. The predicted molar refractivity (Wildman–Crippen MR) is 77.0 cm³/mol. The van der Waals surface area contributed by atoms with Crippen molar-refractivity contribution in [3.8, 4) is 11.5 Å². The number of methoxy groups -OCH3 is 2. The molecule has 3 atom stereocenters. The summed E-state index contributed by atoms with van der Waals surface area (Å²) < 4.78 is 10.6. The van der Waals surface area contributed by atoms with Gasteiger partial charge >= 0.3 is 0 Å². The molecule has 3 heteroatoms. The maximum absolute atomic E-state index is 5.30. The van der Waals surface area contributed by atoms with Crippen molar-refractivity contribution in [2.45, 2.75) is 25.7 Å². The molecule has 0 spiro atoms. The maximum Gasteiger partial charge on any atom is 0.124 e. The number of rotatable bonds is 5. The average molecular weight is 261 g/mol. The van der Waals surface area contributed by atoms with Gasteiger partial charge in [-0.3, -0.25) is 0 Å². The van der Waals surface area contributed by atoms with Crippen molar-refractivity contribution in [1.29, 1.82) is 0 Å². The fourth-order valence-electron chi connectivity index (χ4n) is 3.78. The minimum Gasteiger partial charge on any atom is -0.497 e. The van der Waals surface area contributed by atoms with Gasteiger partial charge in [-0.25, -0.2) is 0 Å². The first kappa shape index (κ1) is 12.6. The highest BCUT2D eigenvalue weighted by Crippen LogP contribution is 2.48. The fraction of sp³-hybridized carbons (Fsp3) is 0.625. The lowest BCUT2D eigenvalue weighted by atomic mass is 9.89. The lowest BCUT2D eigenvalue weighted by molar-refractivity contribution is 0.348. The van der Waals surface area contributed by atoms with Gasteiger partial charge in [0.05, 0.1) is 14.2 Å². The van der Waals surface area contributed by atoms with E-state index in [9.17, 15) is 0 Å². The summed E-state index contributed by atoms with van der Waals surface area (Å²) in [5, 5.41) is 3.56. The van der Waals surface area contributed by atoms with Crippen molar-refractivity contribution < 1.29 is 9.47 Å². The fourth-order valence-corrected chi connectivity index (χ4v) is 3.78. The number of ether oxygens (including phenoxy) is 2.